The number of hydrogen-bond donors (Lipinski definition) is 0. The zero-order valence-electron chi connectivity index (χ0n) is 5.82. The van der Waals surface area contributed by atoms with E-state index in [9.17, 15) is 0 Å². The molecule has 2 heteroatoms. The van der Waals surface area contributed by atoms with Crippen LogP contribution in [0.4, 0.5) is 0 Å². The van der Waals surface area contributed by atoms with Gasteiger partial charge in [-0.2, -0.15) is 0 Å². The van der Waals surface area contributed by atoms with Gasteiger partial charge in [-0.05, 0) is 18.3 Å². The molecule has 0 aromatic carbocycles. The van der Waals surface area contributed by atoms with Crippen molar-refractivity contribution in [1.29, 1.82) is 0 Å². The maximum Gasteiger partial charge on any atom is 0.0840 e. The molecule has 0 radical (unpaired) electrons. The first-order chi connectivity index (χ1) is 4.08. The van der Waals surface area contributed by atoms with Gasteiger partial charge in [0.1, 0.15) is 0 Å². The summed E-state index contributed by atoms with van der Waals surface area (Å²) in [5.41, 5.74) is 0. The molecule has 9 heavy (non-hydrogen) atoms. The summed E-state index contributed by atoms with van der Waals surface area (Å²) in [6.45, 7) is 4.56. The molecule has 0 nitrogen and oxygen atoms in total. The van der Waals surface area contributed by atoms with Crippen molar-refractivity contribution in [2.24, 2.45) is 11.8 Å². The Labute approximate surface area is 73.7 Å². The normalized spacial score (nSPS) is 34.0. The fourth-order valence-corrected chi connectivity index (χ4v) is 2.74. The van der Waals surface area contributed by atoms with Gasteiger partial charge in [-0.15, -0.1) is 0 Å². The summed E-state index contributed by atoms with van der Waals surface area (Å²) >= 11 is 7.22. The van der Waals surface area contributed by atoms with Crippen LogP contribution in [0.1, 0.15) is 26.7 Å². The highest BCUT2D eigenvalue weighted by atomic mass is 79.9. The average molecular weight is 256 g/mol. The van der Waals surface area contributed by atoms with E-state index in [2.05, 4.69) is 45.7 Å². The molecule has 1 saturated carbocycles. The van der Waals surface area contributed by atoms with E-state index in [1.165, 1.54) is 12.8 Å². The molecular formula is C7H12Br2. The van der Waals surface area contributed by atoms with E-state index >= 15 is 0 Å². The molecule has 0 bridgehead atoms. The lowest BCUT2D eigenvalue weighted by Crippen LogP contribution is -2.00. The van der Waals surface area contributed by atoms with Crippen LogP contribution in [0.25, 0.3) is 0 Å². The molecule has 1 aliphatic carbocycles. The lowest BCUT2D eigenvalue weighted by atomic mass is 10.0. The second kappa shape index (κ2) is 2.54. The van der Waals surface area contributed by atoms with Crippen LogP contribution in [-0.2, 0) is 0 Å². The van der Waals surface area contributed by atoms with E-state index < -0.39 is 0 Å². The van der Waals surface area contributed by atoms with Gasteiger partial charge in [0.25, 0.3) is 0 Å². The summed E-state index contributed by atoms with van der Waals surface area (Å²) in [7, 11) is 0. The molecule has 0 aliphatic heterocycles. The molecule has 0 aromatic rings. The highest BCUT2D eigenvalue weighted by Gasteiger charge is 2.52. The molecule has 0 heterocycles. The maximum atomic E-state index is 3.61. The summed E-state index contributed by atoms with van der Waals surface area (Å²) in [6.07, 6.45) is 2.59. The van der Waals surface area contributed by atoms with Crippen molar-refractivity contribution in [2.45, 2.75) is 29.9 Å². The van der Waals surface area contributed by atoms with Crippen LogP contribution in [0.15, 0.2) is 0 Å². The molecule has 0 saturated heterocycles. The largest absolute Gasteiger partial charge is 0.0840 e. The molecule has 0 unspecified atom stereocenters. The Morgan fingerprint density at radius 1 is 1.67 bits per heavy atom. The van der Waals surface area contributed by atoms with Crippen molar-refractivity contribution in [2.75, 3.05) is 0 Å². The third-order valence-corrected chi connectivity index (χ3v) is 4.03. The van der Waals surface area contributed by atoms with Crippen LogP contribution < -0.4 is 0 Å². The first-order valence-electron chi connectivity index (χ1n) is 3.45. The van der Waals surface area contributed by atoms with Crippen molar-refractivity contribution in [3.63, 3.8) is 0 Å². The van der Waals surface area contributed by atoms with Gasteiger partial charge in [0.15, 0.2) is 0 Å². The molecule has 0 N–H and O–H groups in total. The van der Waals surface area contributed by atoms with Crippen molar-refractivity contribution < 1.29 is 0 Å². The van der Waals surface area contributed by atoms with E-state index in [4.69, 9.17) is 0 Å². The minimum atomic E-state index is 0.315. The summed E-state index contributed by atoms with van der Waals surface area (Å²) < 4.78 is 0.315. The van der Waals surface area contributed by atoms with Crippen LogP contribution in [0.3, 0.4) is 0 Å². The standard InChI is InChI=1S/C7H12Br2/c1-3-5(2)6-4-7(6,8)9/h5-6H,3-4H2,1-2H3/t5-,6+/m1/s1. The van der Waals surface area contributed by atoms with Gasteiger partial charge in [0.2, 0.25) is 0 Å². The third kappa shape index (κ3) is 1.70. The topological polar surface area (TPSA) is 0 Å². The Bertz CT molecular complexity index is 109. The first-order valence-corrected chi connectivity index (χ1v) is 5.04. The zero-order valence-corrected chi connectivity index (χ0v) is 9.00. The Balaban J connectivity index is 2.33. The average Bonchev–Trinajstić information content (AvgIpc) is 2.38. The summed E-state index contributed by atoms with van der Waals surface area (Å²) in [5.74, 6) is 1.73. The number of rotatable bonds is 2. The minimum absolute atomic E-state index is 0.315. The smallest absolute Gasteiger partial charge is 0.0724 e. The van der Waals surface area contributed by atoms with Crippen LogP contribution in [0, 0.1) is 11.8 Å². The lowest BCUT2D eigenvalue weighted by molar-refractivity contribution is 0.493. The van der Waals surface area contributed by atoms with Crippen LogP contribution in [0.2, 0.25) is 0 Å². The van der Waals surface area contributed by atoms with Gasteiger partial charge >= 0.3 is 0 Å². The monoisotopic (exact) mass is 254 g/mol. The van der Waals surface area contributed by atoms with Crippen molar-refractivity contribution in [3.05, 3.63) is 0 Å². The van der Waals surface area contributed by atoms with Gasteiger partial charge in [-0.1, -0.05) is 52.1 Å². The minimum Gasteiger partial charge on any atom is -0.0724 e. The number of hydrogen-bond acceptors (Lipinski definition) is 0. The molecule has 1 fully saturated rings. The quantitative estimate of drug-likeness (QED) is 0.663. The zero-order chi connectivity index (χ0) is 7.07. The highest BCUT2D eigenvalue weighted by molar-refractivity contribution is 9.25. The summed E-state index contributed by atoms with van der Waals surface area (Å²) in [4.78, 5) is 0. The molecule has 54 valence electrons. The van der Waals surface area contributed by atoms with E-state index in [0.29, 0.717) is 3.23 Å². The Morgan fingerprint density at radius 3 is 2.22 bits per heavy atom. The van der Waals surface area contributed by atoms with Crippen molar-refractivity contribution in [1.82, 2.24) is 0 Å². The highest BCUT2D eigenvalue weighted by Crippen LogP contribution is 2.60. The third-order valence-electron chi connectivity index (χ3n) is 2.21. The van der Waals surface area contributed by atoms with E-state index in [0.717, 1.165) is 11.8 Å². The SMILES string of the molecule is CC[C@@H](C)[C@@H]1CC1(Br)Br. The fourth-order valence-electron chi connectivity index (χ4n) is 1.14. The molecule has 1 aliphatic rings. The first kappa shape index (κ1) is 8.06. The Hall–Kier alpha value is 0.960. The maximum absolute atomic E-state index is 3.61. The van der Waals surface area contributed by atoms with E-state index in [1.54, 1.807) is 0 Å². The van der Waals surface area contributed by atoms with Crippen LogP contribution >= 0.6 is 31.9 Å². The van der Waals surface area contributed by atoms with Gasteiger partial charge in [-0.3, -0.25) is 0 Å². The second-order valence-electron chi connectivity index (χ2n) is 2.96. The fraction of sp³-hybridized carbons (Fsp3) is 1.00. The van der Waals surface area contributed by atoms with Crippen molar-refractivity contribution in [3.8, 4) is 0 Å². The van der Waals surface area contributed by atoms with Gasteiger partial charge < -0.3 is 0 Å². The molecule has 0 aromatic heterocycles. The van der Waals surface area contributed by atoms with Crippen molar-refractivity contribution >= 4 is 31.9 Å². The Kier molecular flexibility index (Phi) is 2.27. The molecule has 2 atom stereocenters. The molecule has 0 amide bonds. The number of alkyl halides is 2. The van der Waals surface area contributed by atoms with Gasteiger partial charge in [0.05, 0.1) is 3.23 Å². The van der Waals surface area contributed by atoms with E-state index in [-0.39, 0.29) is 0 Å². The molecule has 1 rings (SSSR count). The molecule has 0 spiro atoms. The molecular weight excluding hydrogens is 244 g/mol. The predicted molar refractivity (Wildman–Crippen MR) is 48.1 cm³/mol. The second-order valence-corrected chi connectivity index (χ2v) is 6.85. The van der Waals surface area contributed by atoms with Gasteiger partial charge in [-0.25, -0.2) is 0 Å². The van der Waals surface area contributed by atoms with E-state index in [1.807, 2.05) is 0 Å². The summed E-state index contributed by atoms with van der Waals surface area (Å²) in [6, 6.07) is 0. The summed E-state index contributed by atoms with van der Waals surface area (Å²) in [5, 5.41) is 0. The Morgan fingerprint density at radius 2 is 2.11 bits per heavy atom. The van der Waals surface area contributed by atoms with Crippen LogP contribution in [0.5, 0.6) is 0 Å². The predicted octanol–water partition coefficient (Wildman–Crippen LogP) is 3.54. The van der Waals surface area contributed by atoms with Gasteiger partial charge in [0, 0.05) is 0 Å². The van der Waals surface area contributed by atoms with Crippen LogP contribution in [-0.4, -0.2) is 3.23 Å². The lowest BCUT2D eigenvalue weighted by Gasteiger charge is -2.06. The number of halogens is 2.